The van der Waals surface area contributed by atoms with Gasteiger partial charge in [0, 0.05) is 17.5 Å². The van der Waals surface area contributed by atoms with Crippen LogP contribution in [0.15, 0.2) is 42.2 Å². The molecule has 0 saturated carbocycles. The van der Waals surface area contributed by atoms with Crippen LogP contribution in [0.25, 0.3) is 0 Å². The van der Waals surface area contributed by atoms with Crippen LogP contribution in [-0.2, 0) is 4.74 Å². The summed E-state index contributed by atoms with van der Waals surface area (Å²) in [5.74, 6) is 0.447. The van der Waals surface area contributed by atoms with Crippen molar-refractivity contribution in [1.29, 1.82) is 0 Å². The SMILES string of the molecule is CC1(C)C=C(OC(=O)c2ccccc2)CC(C)(C)N1. The van der Waals surface area contributed by atoms with Crippen molar-refractivity contribution in [2.75, 3.05) is 0 Å². The van der Waals surface area contributed by atoms with Crippen LogP contribution in [0.3, 0.4) is 0 Å². The second-order valence-electron chi connectivity index (χ2n) is 6.27. The smallest absolute Gasteiger partial charge is 0.343 e. The zero-order valence-electron chi connectivity index (χ0n) is 12.0. The Bertz CT molecular complexity index is 501. The van der Waals surface area contributed by atoms with Gasteiger partial charge in [-0.1, -0.05) is 18.2 Å². The Balaban J connectivity index is 2.15. The van der Waals surface area contributed by atoms with Gasteiger partial charge in [-0.3, -0.25) is 0 Å². The van der Waals surface area contributed by atoms with Crippen LogP contribution >= 0.6 is 0 Å². The summed E-state index contributed by atoms with van der Waals surface area (Å²) in [6.45, 7) is 8.37. The van der Waals surface area contributed by atoms with Crippen molar-refractivity contribution >= 4 is 5.97 Å². The van der Waals surface area contributed by atoms with E-state index in [1.165, 1.54) is 0 Å². The summed E-state index contributed by atoms with van der Waals surface area (Å²) in [7, 11) is 0. The first-order valence-corrected chi connectivity index (χ1v) is 6.56. The predicted molar refractivity (Wildman–Crippen MR) is 75.9 cm³/mol. The van der Waals surface area contributed by atoms with Gasteiger partial charge in [-0.15, -0.1) is 0 Å². The highest BCUT2D eigenvalue weighted by molar-refractivity contribution is 5.90. The average molecular weight is 259 g/mol. The molecule has 0 saturated heterocycles. The number of hydrogen-bond donors (Lipinski definition) is 1. The molecule has 3 nitrogen and oxygen atoms in total. The molecule has 0 amide bonds. The van der Waals surface area contributed by atoms with Gasteiger partial charge in [0.1, 0.15) is 5.76 Å². The maximum Gasteiger partial charge on any atom is 0.343 e. The fourth-order valence-electron chi connectivity index (χ4n) is 2.66. The van der Waals surface area contributed by atoms with Crippen LogP contribution in [0, 0.1) is 0 Å². The number of esters is 1. The van der Waals surface area contributed by atoms with E-state index < -0.39 is 0 Å². The minimum Gasteiger partial charge on any atom is -0.428 e. The highest BCUT2D eigenvalue weighted by atomic mass is 16.5. The van der Waals surface area contributed by atoms with Gasteiger partial charge < -0.3 is 10.1 Å². The second-order valence-corrected chi connectivity index (χ2v) is 6.27. The summed E-state index contributed by atoms with van der Waals surface area (Å²) in [6, 6.07) is 9.08. The molecular formula is C16H21NO2. The first-order chi connectivity index (χ1) is 8.77. The van der Waals surface area contributed by atoms with Crippen molar-refractivity contribution in [3.8, 4) is 0 Å². The number of carbonyl (C=O) groups is 1. The van der Waals surface area contributed by atoms with Crippen LogP contribution in [0.1, 0.15) is 44.5 Å². The van der Waals surface area contributed by atoms with Gasteiger partial charge in [-0.2, -0.15) is 0 Å². The maximum absolute atomic E-state index is 12.1. The Labute approximate surface area is 114 Å². The van der Waals surface area contributed by atoms with Crippen molar-refractivity contribution in [3.05, 3.63) is 47.7 Å². The Morgan fingerprint density at radius 3 is 2.37 bits per heavy atom. The zero-order valence-corrected chi connectivity index (χ0v) is 12.0. The molecule has 0 unspecified atom stereocenters. The second kappa shape index (κ2) is 4.82. The Hall–Kier alpha value is -1.61. The third kappa shape index (κ3) is 3.67. The van der Waals surface area contributed by atoms with Crippen LogP contribution in [-0.4, -0.2) is 17.0 Å². The Kier molecular flexibility index (Phi) is 3.50. The van der Waals surface area contributed by atoms with Gasteiger partial charge >= 0.3 is 5.97 Å². The third-order valence-corrected chi connectivity index (χ3v) is 3.03. The van der Waals surface area contributed by atoms with Crippen LogP contribution in [0.4, 0.5) is 0 Å². The van der Waals surface area contributed by atoms with E-state index in [2.05, 4.69) is 33.0 Å². The van der Waals surface area contributed by atoms with Crippen LogP contribution in [0.5, 0.6) is 0 Å². The summed E-state index contributed by atoms with van der Waals surface area (Å²) in [6.07, 6.45) is 2.69. The van der Waals surface area contributed by atoms with Gasteiger partial charge in [0.15, 0.2) is 0 Å². The average Bonchev–Trinajstić information content (AvgIpc) is 2.25. The van der Waals surface area contributed by atoms with Crippen LogP contribution in [0.2, 0.25) is 0 Å². The Morgan fingerprint density at radius 2 is 1.79 bits per heavy atom. The molecule has 1 aromatic carbocycles. The van der Waals surface area contributed by atoms with Gasteiger partial charge in [-0.05, 0) is 45.9 Å². The molecule has 0 aliphatic carbocycles. The molecule has 0 spiro atoms. The lowest BCUT2D eigenvalue weighted by molar-refractivity contribution is 0.0581. The fraction of sp³-hybridized carbons (Fsp3) is 0.438. The number of benzene rings is 1. The monoisotopic (exact) mass is 259 g/mol. The van der Waals surface area contributed by atoms with E-state index in [-0.39, 0.29) is 17.0 Å². The van der Waals surface area contributed by atoms with Gasteiger partial charge in [0.25, 0.3) is 0 Å². The van der Waals surface area contributed by atoms with E-state index in [1.54, 1.807) is 12.1 Å². The number of nitrogens with one attached hydrogen (secondary N) is 1. The molecule has 19 heavy (non-hydrogen) atoms. The number of carbonyl (C=O) groups excluding carboxylic acids is 1. The highest BCUT2D eigenvalue weighted by Gasteiger charge is 2.33. The lowest BCUT2D eigenvalue weighted by Crippen LogP contribution is -2.54. The van der Waals surface area contributed by atoms with Crippen molar-refractivity contribution < 1.29 is 9.53 Å². The molecule has 0 bridgehead atoms. The molecule has 1 aliphatic rings. The summed E-state index contributed by atoms with van der Waals surface area (Å²) >= 11 is 0. The van der Waals surface area contributed by atoms with Crippen molar-refractivity contribution in [3.63, 3.8) is 0 Å². The summed E-state index contributed by atoms with van der Waals surface area (Å²) < 4.78 is 5.53. The summed E-state index contributed by atoms with van der Waals surface area (Å²) in [5.41, 5.74) is 0.330. The first-order valence-electron chi connectivity index (χ1n) is 6.56. The zero-order chi connectivity index (χ0) is 14.1. The summed E-state index contributed by atoms with van der Waals surface area (Å²) in [4.78, 5) is 12.1. The van der Waals surface area contributed by atoms with E-state index in [9.17, 15) is 4.79 Å². The van der Waals surface area contributed by atoms with E-state index >= 15 is 0 Å². The third-order valence-electron chi connectivity index (χ3n) is 3.03. The van der Waals surface area contributed by atoms with E-state index in [4.69, 9.17) is 4.74 Å². The molecule has 1 aromatic rings. The van der Waals surface area contributed by atoms with Crippen LogP contribution < -0.4 is 5.32 Å². The van der Waals surface area contributed by atoms with Gasteiger partial charge in [-0.25, -0.2) is 4.79 Å². The maximum atomic E-state index is 12.1. The molecule has 0 fully saturated rings. The molecule has 0 aromatic heterocycles. The summed E-state index contributed by atoms with van der Waals surface area (Å²) in [5, 5.41) is 3.51. The Morgan fingerprint density at radius 1 is 1.16 bits per heavy atom. The van der Waals surface area contributed by atoms with E-state index in [0.717, 1.165) is 5.76 Å². The number of hydrogen-bond acceptors (Lipinski definition) is 3. The van der Waals surface area contributed by atoms with E-state index in [0.29, 0.717) is 12.0 Å². The molecule has 1 heterocycles. The molecule has 0 radical (unpaired) electrons. The molecule has 2 rings (SSSR count). The quantitative estimate of drug-likeness (QED) is 0.828. The van der Waals surface area contributed by atoms with E-state index in [1.807, 2.05) is 24.3 Å². The normalized spacial score (nSPS) is 20.5. The minimum atomic E-state index is -0.291. The fourth-order valence-corrected chi connectivity index (χ4v) is 2.66. The topological polar surface area (TPSA) is 38.3 Å². The predicted octanol–water partition coefficient (Wildman–Crippen LogP) is 3.28. The first kappa shape index (κ1) is 13.8. The molecule has 1 aliphatic heterocycles. The lowest BCUT2D eigenvalue weighted by Gasteiger charge is -2.40. The molecule has 3 heteroatoms. The molecule has 0 atom stereocenters. The largest absolute Gasteiger partial charge is 0.428 e. The molecule has 1 N–H and O–H groups in total. The number of rotatable bonds is 2. The highest BCUT2D eigenvalue weighted by Crippen LogP contribution is 2.28. The molecule has 102 valence electrons. The minimum absolute atomic E-state index is 0.0788. The van der Waals surface area contributed by atoms with Gasteiger partial charge in [0.05, 0.1) is 5.56 Å². The molecular weight excluding hydrogens is 238 g/mol. The van der Waals surface area contributed by atoms with Crippen molar-refractivity contribution in [2.45, 2.75) is 45.2 Å². The number of ether oxygens (including phenoxy) is 1. The van der Waals surface area contributed by atoms with Crippen molar-refractivity contribution in [1.82, 2.24) is 5.32 Å². The van der Waals surface area contributed by atoms with Gasteiger partial charge in [0.2, 0.25) is 0 Å². The van der Waals surface area contributed by atoms with Crippen molar-refractivity contribution in [2.24, 2.45) is 0 Å². The standard InChI is InChI=1S/C16H21NO2/c1-15(2)10-13(11-16(3,4)17-15)19-14(18)12-8-6-5-7-9-12/h5-10,17H,11H2,1-4H3. The lowest BCUT2D eigenvalue weighted by atomic mass is 9.87.